The molecule has 0 fully saturated rings. The van der Waals surface area contributed by atoms with Crippen LogP contribution in [-0.4, -0.2) is 0 Å². The zero-order chi connectivity index (χ0) is 11.5. The molecule has 0 saturated heterocycles. The van der Waals surface area contributed by atoms with Crippen LogP contribution in [0.3, 0.4) is 0 Å². The molecule has 0 bridgehead atoms. The first-order valence-electron chi connectivity index (χ1n) is 4.63. The van der Waals surface area contributed by atoms with E-state index in [9.17, 15) is 4.39 Å². The van der Waals surface area contributed by atoms with E-state index in [-0.39, 0.29) is 5.82 Å². The van der Waals surface area contributed by atoms with Gasteiger partial charge in [-0.25, -0.2) is 4.39 Å². The second-order valence-corrected chi connectivity index (χ2v) is 5.22. The molecule has 0 unspecified atom stereocenters. The molecule has 0 aliphatic carbocycles. The lowest BCUT2D eigenvalue weighted by molar-refractivity contribution is 0.624. The monoisotopic (exact) mass is 297 g/mol. The number of anilines is 1. The maximum atomic E-state index is 13.0. The van der Waals surface area contributed by atoms with Crippen molar-refractivity contribution in [2.75, 3.05) is 5.73 Å². The molecule has 2 aromatic carbocycles. The van der Waals surface area contributed by atoms with Crippen molar-refractivity contribution in [1.82, 2.24) is 0 Å². The third-order valence-electron chi connectivity index (χ3n) is 1.98. The zero-order valence-corrected chi connectivity index (χ0v) is 10.7. The van der Waals surface area contributed by atoms with E-state index in [1.165, 1.54) is 23.9 Å². The molecule has 0 spiro atoms. The van der Waals surface area contributed by atoms with Crippen molar-refractivity contribution in [3.63, 3.8) is 0 Å². The highest BCUT2D eigenvalue weighted by Gasteiger charge is 2.03. The average molecular weight is 298 g/mol. The van der Waals surface area contributed by atoms with Crippen molar-refractivity contribution in [1.29, 1.82) is 0 Å². The van der Waals surface area contributed by atoms with Gasteiger partial charge in [0, 0.05) is 20.0 Å². The maximum Gasteiger partial charge on any atom is 0.124 e. The largest absolute Gasteiger partial charge is 0.399 e. The van der Waals surface area contributed by atoms with Crippen molar-refractivity contribution in [3.8, 4) is 0 Å². The van der Waals surface area contributed by atoms with Crippen molar-refractivity contribution in [2.45, 2.75) is 9.79 Å². The molecule has 2 aromatic rings. The molecular formula is C12H9BrFNS. The number of rotatable bonds is 2. The number of hydrogen-bond acceptors (Lipinski definition) is 2. The Morgan fingerprint density at radius 1 is 1.12 bits per heavy atom. The van der Waals surface area contributed by atoms with Gasteiger partial charge in [-0.15, -0.1) is 0 Å². The number of benzene rings is 2. The highest BCUT2D eigenvalue weighted by Crippen LogP contribution is 2.34. The summed E-state index contributed by atoms with van der Waals surface area (Å²) in [6, 6.07) is 12.1. The highest BCUT2D eigenvalue weighted by atomic mass is 79.9. The summed E-state index contributed by atoms with van der Waals surface area (Å²) in [5, 5.41) is 0. The van der Waals surface area contributed by atoms with Crippen LogP contribution in [0.15, 0.2) is 56.7 Å². The fourth-order valence-electron chi connectivity index (χ4n) is 1.26. The quantitative estimate of drug-likeness (QED) is 0.836. The molecule has 0 saturated carbocycles. The molecule has 0 heterocycles. The summed E-state index contributed by atoms with van der Waals surface area (Å²) in [6.07, 6.45) is 0. The zero-order valence-electron chi connectivity index (χ0n) is 8.28. The summed E-state index contributed by atoms with van der Waals surface area (Å²) in [7, 11) is 0. The SMILES string of the molecule is Nc1ccc(Sc2cccc(F)c2)c(Br)c1. The highest BCUT2D eigenvalue weighted by molar-refractivity contribution is 9.10. The van der Waals surface area contributed by atoms with E-state index in [0.717, 1.165) is 14.3 Å². The summed E-state index contributed by atoms with van der Waals surface area (Å²) in [5.74, 6) is -0.225. The van der Waals surface area contributed by atoms with E-state index < -0.39 is 0 Å². The second kappa shape index (κ2) is 4.89. The first-order valence-corrected chi connectivity index (χ1v) is 6.24. The minimum Gasteiger partial charge on any atom is -0.399 e. The molecule has 82 valence electrons. The smallest absolute Gasteiger partial charge is 0.124 e. The second-order valence-electron chi connectivity index (χ2n) is 3.25. The Balaban J connectivity index is 2.27. The molecular weight excluding hydrogens is 289 g/mol. The summed E-state index contributed by atoms with van der Waals surface area (Å²) in [6.45, 7) is 0. The van der Waals surface area contributed by atoms with Gasteiger partial charge in [0.1, 0.15) is 5.82 Å². The van der Waals surface area contributed by atoms with Crippen LogP contribution in [0.1, 0.15) is 0 Å². The topological polar surface area (TPSA) is 26.0 Å². The minimum atomic E-state index is -0.225. The molecule has 0 atom stereocenters. The number of nitrogen functional groups attached to an aromatic ring is 1. The molecule has 4 heteroatoms. The van der Waals surface area contributed by atoms with Crippen LogP contribution in [0.25, 0.3) is 0 Å². The molecule has 0 aromatic heterocycles. The van der Waals surface area contributed by atoms with Gasteiger partial charge in [0.25, 0.3) is 0 Å². The van der Waals surface area contributed by atoms with Gasteiger partial charge in [-0.3, -0.25) is 0 Å². The molecule has 2 N–H and O–H groups in total. The van der Waals surface area contributed by atoms with Crippen molar-refractivity contribution < 1.29 is 4.39 Å². The number of hydrogen-bond donors (Lipinski definition) is 1. The van der Waals surface area contributed by atoms with E-state index in [0.29, 0.717) is 5.69 Å². The average Bonchev–Trinajstić information content (AvgIpc) is 2.22. The molecule has 0 aliphatic heterocycles. The van der Waals surface area contributed by atoms with Crippen LogP contribution in [0.4, 0.5) is 10.1 Å². The molecule has 1 nitrogen and oxygen atoms in total. The van der Waals surface area contributed by atoms with Gasteiger partial charge in [-0.2, -0.15) is 0 Å². The summed E-state index contributed by atoms with van der Waals surface area (Å²) in [5.41, 5.74) is 6.35. The van der Waals surface area contributed by atoms with E-state index in [1.807, 2.05) is 24.3 Å². The van der Waals surface area contributed by atoms with Gasteiger partial charge in [0.15, 0.2) is 0 Å². The van der Waals surface area contributed by atoms with Crippen LogP contribution < -0.4 is 5.73 Å². The van der Waals surface area contributed by atoms with Gasteiger partial charge >= 0.3 is 0 Å². The van der Waals surface area contributed by atoms with Gasteiger partial charge in [0.2, 0.25) is 0 Å². The predicted molar refractivity (Wildman–Crippen MR) is 69.1 cm³/mol. The Bertz CT molecular complexity index is 516. The number of nitrogens with two attached hydrogens (primary N) is 1. The Hall–Kier alpha value is -1.00. The minimum absolute atomic E-state index is 0.225. The first kappa shape index (κ1) is 11.5. The van der Waals surface area contributed by atoms with Gasteiger partial charge < -0.3 is 5.73 Å². The van der Waals surface area contributed by atoms with Crippen LogP contribution in [0.5, 0.6) is 0 Å². The standard InChI is InChI=1S/C12H9BrFNS/c13-11-7-9(15)4-5-12(11)16-10-3-1-2-8(14)6-10/h1-7H,15H2. The van der Waals surface area contributed by atoms with Crippen LogP contribution >= 0.6 is 27.7 Å². The van der Waals surface area contributed by atoms with Gasteiger partial charge in [0.05, 0.1) is 0 Å². The van der Waals surface area contributed by atoms with E-state index >= 15 is 0 Å². The van der Waals surface area contributed by atoms with Gasteiger partial charge in [-0.1, -0.05) is 17.8 Å². The summed E-state index contributed by atoms with van der Waals surface area (Å²) < 4.78 is 13.9. The van der Waals surface area contributed by atoms with Crippen LogP contribution in [0.2, 0.25) is 0 Å². The summed E-state index contributed by atoms with van der Waals surface area (Å²) >= 11 is 4.92. The molecule has 0 radical (unpaired) electrons. The molecule has 2 rings (SSSR count). The molecule has 0 amide bonds. The fraction of sp³-hybridized carbons (Fsp3) is 0. The van der Waals surface area contributed by atoms with E-state index in [2.05, 4.69) is 15.9 Å². The van der Waals surface area contributed by atoms with Crippen LogP contribution in [-0.2, 0) is 0 Å². The van der Waals surface area contributed by atoms with E-state index in [1.54, 1.807) is 6.07 Å². The van der Waals surface area contributed by atoms with Crippen molar-refractivity contribution >= 4 is 33.4 Å². The Morgan fingerprint density at radius 3 is 2.62 bits per heavy atom. The Morgan fingerprint density at radius 2 is 1.94 bits per heavy atom. The first-order chi connectivity index (χ1) is 7.65. The molecule has 0 aliphatic rings. The van der Waals surface area contributed by atoms with Crippen molar-refractivity contribution in [2.24, 2.45) is 0 Å². The lowest BCUT2D eigenvalue weighted by Crippen LogP contribution is -1.85. The maximum absolute atomic E-state index is 13.0. The third kappa shape index (κ3) is 2.77. The lowest BCUT2D eigenvalue weighted by atomic mass is 10.3. The molecule has 16 heavy (non-hydrogen) atoms. The Labute approximate surface area is 106 Å². The predicted octanol–water partition coefficient (Wildman–Crippen LogP) is 4.32. The van der Waals surface area contributed by atoms with E-state index in [4.69, 9.17) is 5.73 Å². The normalized spacial score (nSPS) is 10.4. The van der Waals surface area contributed by atoms with Gasteiger partial charge in [-0.05, 0) is 52.3 Å². The van der Waals surface area contributed by atoms with Crippen molar-refractivity contribution in [3.05, 3.63) is 52.8 Å². The van der Waals surface area contributed by atoms with Crippen LogP contribution in [0, 0.1) is 5.82 Å². The fourth-order valence-corrected chi connectivity index (χ4v) is 2.76. The third-order valence-corrected chi connectivity index (χ3v) is 3.96. The Kier molecular flexibility index (Phi) is 3.51. The number of halogens is 2. The lowest BCUT2D eigenvalue weighted by Gasteiger charge is -2.05. The summed E-state index contributed by atoms with van der Waals surface area (Å²) in [4.78, 5) is 1.88.